The second kappa shape index (κ2) is 5.95. The molecule has 6 nitrogen and oxygen atoms in total. The van der Waals surface area contributed by atoms with Crippen LogP contribution >= 0.6 is 11.3 Å². The molecular weight excluding hydrogens is 290 g/mol. The molecule has 3 rings (SSSR count). The molecule has 2 aromatic heterocycles. The highest BCUT2D eigenvalue weighted by Crippen LogP contribution is 2.35. The van der Waals surface area contributed by atoms with Crippen molar-refractivity contribution < 1.29 is 14.6 Å². The Balaban J connectivity index is 2.01. The maximum Gasteiger partial charge on any atom is 0.358 e. The highest BCUT2D eigenvalue weighted by atomic mass is 32.1. The van der Waals surface area contributed by atoms with Crippen LogP contribution in [0.4, 0.5) is 0 Å². The average Bonchev–Trinajstić information content (AvgIpc) is 3.15. The molecule has 0 saturated heterocycles. The third kappa shape index (κ3) is 2.71. The number of hydrogen-bond donors (Lipinski definition) is 1. The number of nitrogens with zero attached hydrogens (tertiary/aromatic N) is 3. The Labute approximate surface area is 126 Å². The molecule has 1 aliphatic carbocycles. The summed E-state index contributed by atoms with van der Waals surface area (Å²) >= 11 is 1.50. The summed E-state index contributed by atoms with van der Waals surface area (Å²) in [5.41, 5.74) is 0.635. The summed E-state index contributed by atoms with van der Waals surface area (Å²) in [5, 5.41) is 19.3. The first-order valence-corrected chi connectivity index (χ1v) is 7.83. The van der Waals surface area contributed by atoms with E-state index in [1.807, 2.05) is 17.5 Å². The minimum Gasteiger partial charge on any atom is -0.476 e. The Morgan fingerprint density at radius 3 is 3.05 bits per heavy atom. The fourth-order valence-corrected chi connectivity index (χ4v) is 3.66. The molecule has 0 aromatic carbocycles. The maximum atomic E-state index is 11.4. The zero-order valence-corrected chi connectivity index (χ0v) is 12.5. The lowest BCUT2D eigenvalue weighted by Crippen LogP contribution is -2.25. The van der Waals surface area contributed by atoms with Gasteiger partial charge in [-0.25, -0.2) is 9.48 Å². The van der Waals surface area contributed by atoms with E-state index in [0.29, 0.717) is 5.69 Å². The third-order valence-electron chi connectivity index (χ3n) is 3.93. The summed E-state index contributed by atoms with van der Waals surface area (Å²) in [7, 11) is 1.72. The van der Waals surface area contributed by atoms with Gasteiger partial charge in [-0.1, -0.05) is 11.3 Å². The van der Waals surface area contributed by atoms with Crippen LogP contribution in [0.25, 0.3) is 10.6 Å². The topological polar surface area (TPSA) is 77.2 Å². The molecule has 1 fully saturated rings. The van der Waals surface area contributed by atoms with Gasteiger partial charge in [0, 0.05) is 7.11 Å². The molecule has 0 amide bonds. The van der Waals surface area contributed by atoms with E-state index < -0.39 is 5.97 Å². The van der Waals surface area contributed by atoms with E-state index in [-0.39, 0.29) is 17.8 Å². The first kappa shape index (κ1) is 14.2. The van der Waals surface area contributed by atoms with Crippen molar-refractivity contribution in [2.24, 2.45) is 0 Å². The molecule has 0 spiro atoms. The van der Waals surface area contributed by atoms with Crippen LogP contribution in [0.3, 0.4) is 0 Å². The number of hydrogen-bond acceptors (Lipinski definition) is 5. The summed E-state index contributed by atoms with van der Waals surface area (Å²) in [6.45, 7) is 0. The van der Waals surface area contributed by atoms with Gasteiger partial charge in [0.25, 0.3) is 0 Å². The van der Waals surface area contributed by atoms with Crippen molar-refractivity contribution in [3.63, 3.8) is 0 Å². The first-order chi connectivity index (χ1) is 10.2. The van der Waals surface area contributed by atoms with E-state index in [1.165, 1.54) is 11.3 Å². The van der Waals surface area contributed by atoms with Crippen LogP contribution in [0, 0.1) is 0 Å². The Hall–Kier alpha value is -1.73. The number of carboxylic acids is 1. The Morgan fingerprint density at radius 1 is 1.52 bits per heavy atom. The van der Waals surface area contributed by atoms with Gasteiger partial charge in [-0.15, -0.1) is 16.4 Å². The number of thiophene rings is 1. The third-order valence-corrected chi connectivity index (χ3v) is 4.81. The summed E-state index contributed by atoms with van der Waals surface area (Å²) in [6, 6.07) is 3.95. The second-order valence-corrected chi connectivity index (χ2v) is 6.14. The standard InChI is InChI=1S/C14H17N3O3S/c1-20-10-5-2-4-9(8-10)17-13(11-6-3-7-21-11)12(14(18)19)15-16-17/h3,6-7,9-10H,2,4-5,8H2,1H3,(H,18,19). The molecule has 1 aliphatic rings. The zero-order valence-electron chi connectivity index (χ0n) is 11.7. The maximum absolute atomic E-state index is 11.4. The van der Waals surface area contributed by atoms with Gasteiger partial charge in [0.1, 0.15) is 5.69 Å². The molecular formula is C14H17N3O3S. The number of ether oxygens (including phenoxy) is 1. The number of rotatable bonds is 4. The molecule has 0 aliphatic heterocycles. The predicted octanol–water partition coefficient (Wildman–Crippen LogP) is 2.83. The number of methoxy groups -OCH3 is 1. The van der Waals surface area contributed by atoms with Crippen molar-refractivity contribution in [1.29, 1.82) is 0 Å². The van der Waals surface area contributed by atoms with Crippen LogP contribution in [0.15, 0.2) is 17.5 Å². The number of carbonyl (C=O) groups is 1. The molecule has 2 atom stereocenters. The van der Waals surface area contributed by atoms with Gasteiger partial charge in [-0.2, -0.15) is 0 Å². The lowest BCUT2D eigenvalue weighted by Gasteiger charge is -2.28. The van der Waals surface area contributed by atoms with Gasteiger partial charge in [-0.3, -0.25) is 0 Å². The fourth-order valence-electron chi connectivity index (χ4n) is 2.89. The molecule has 0 bridgehead atoms. The molecule has 2 heterocycles. The van der Waals surface area contributed by atoms with E-state index in [9.17, 15) is 9.90 Å². The molecule has 21 heavy (non-hydrogen) atoms. The second-order valence-electron chi connectivity index (χ2n) is 5.19. The van der Waals surface area contributed by atoms with Crippen molar-refractivity contribution in [2.45, 2.75) is 37.8 Å². The van der Waals surface area contributed by atoms with E-state index in [0.717, 1.165) is 30.6 Å². The summed E-state index contributed by atoms with van der Waals surface area (Å²) in [5.74, 6) is -1.04. The van der Waals surface area contributed by atoms with Crippen molar-refractivity contribution in [1.82, 2.24) is 15.0 Å². The van der Waals surface area contributed by atoms with Crippen LogP contribution in [-0.4, -0.2) is 39.3 Å². The molecule has 2 unspecified atom stereocenters. The van der Waals surface area contributed by atoms with Crippen LogP contribution in [0.1, 0.15) is 42.2 Å². The monoisotopic (exact) mass is 307 g/mol. The molecule has 1 N–H and O–H groups in total. The van der Waals surface area contributed by atoms with Crippen molar-refractivity contribution >= 4 is 17.3 Å². The Morgan fingerprint density at radius 2 is 2.38 bits per heavy atom. The summed E-state index contributed by atoms with van der Waals surface area (Å²) < 4.78 is 7.23. The van der Waals surface area contributed by atoms with Gasteiger partial charge in [0.05, 0.1) is 17.0 Å². The van der Waals surface area contributed by atoms with Gasteiger partial charge in [0.2, 0.25) is 0 Å². The highest BCUT2D eigenvalue weighted by Gasteiger charge is 2.29. The molecule has 112 valence electrons. The van der Waals surface area contributed by atoms with E-state index in [4.69, 9.17) is 4.74 Å². The average molecular weight is 307 g/mol. The zero-order chi connectivity index (χ0) is 14.8. The lowest BCUT2D eigenvalue weighted by atomic mass is 9.92. The van der Waals surface area contributed by atoms with Gasteiger partial charge < -0.3 is 9.84 Å². The lowest BCUT2D eigenvalue weighted by molar-refractivity contribution is 0.0508. The smallest absolute Gasteiger partial charge is 0.358 e. The first-order valence-electron chi connectivity index (χ1n) is 6.96. The number of carboxylic acid groups (broad SMARTS) is 1. The van der Waals surface area contributed by atoms with Crippen LogP contribution in [-0.2, 0) is 4.74 Å². The minimum absolute atomic E-state index is 0.0250. The van der Waals surface area contributed by atoms with Crippen molar-refractivity contribution in [3.05, 3.63) is 23.2 Å². The quantitative estimate of drug-likeness (QED) is 0.939. The van der Waals surface area contributed by atoms with E-state index >= 15 is 0 Å². The normalized spacial score (nSPS) is 22.3. The number of aromatic carboxylic acids is 1. The largest absolute Gasteiger partial charge is 0.476 e. The van der Waals surface area contributed by atoms with E-state index in [2.05, 4.69) is 10.3 Å². The molecule has 2 aromatic rings. The van der Waals surface area contributed by atoms with Crippen LogP contribution in [0.5, 0.6) is 0 Å². The molecule has 0 radical (unpaired) electrons. The predicted molar refractivity (Wildman–Crippen MR) is 78.6 cm³/mol. The fraction of sp³-hybridized carbons (Fsp3) is 0.500. The van der Waals surface area contributed by atoms with Crippen LogP contribution in [0.2, 0.25) is 0 Å². The molecule has 7 heteroatoms. The van der Waals surface area contributed by atoms with Crippen molar-refractivity contribution in [3.8, 4) is 10.6 Å². The summed E-state index contributed by atoms with van der Waals surface area (Å²) in [6.07, 6.45) is 4.12. The number of aromatic nitrogens is 3. The van der Waals surface area contributed by atoms with E-state index in [1.54, 1.807) is 11.8 Å². The highest BCUT2D eigenvalue weighted by molar-refractivity contribution is 7.13. The van der Waals surface area contributed by atoms with Crippen LogP contribution < -0.4 is 0 Å². The SMILES string of the molecule is COC1CCCC(n2nnc(C(=O)O)c2-c2cccs2)C1. The molecule has 1 saturated carbocycles. The van der Waals surface area contributed by atoms with Gasteiger partial charge >= 0.3 is 5.97 Å². The van der Waals surface area contributed by atoms with Gasteiger partial charge in [-0.05, 0) is 37.1 Å². The summed E-state index contributed by atoms with van der Waals surface area (Å²) in [4.78, 5) is 12.3. The van der Waals surface area contributed by atoms with Gasteiger partial charge in [0.15, 0.2) is 5.69 Å². The Kier molecular flexibility index (Phi) is 4.03. The van der Waals surface area contributed by atoms with Crippen molar-refractivity contribution in [2.75, 3.05) is 7.11 Å². The Bertz CT molecular complexity index is 623. The minimum atomic E-state index is -1.04.